The van der Waals surface area contributed by atoms with Crippen molar-refractivity contribution in [3.05, 3.63) is 0 Å². The summed E-state index contributed by atoms with van der Waals surface area (Å²) in [4.78, 5) is 0. The van der Waals surface area contributed by atoms with Gasteiger partial charge in [-0.05, 0) is 69.1 Å². The van der Waals surface area contributed by atoms with E-state index in [2.05, 4.69) is 27.7 Å². The number of hydrogen-bond acceptors (Lipinski definition) is 3. The molecule has 4 atom stereocenters. The van der Waals surface area contributed by atoms with Crippen molar-refractivity contribution in [3.63, 3.8) is 0 Å². The molecule has 0 spiro atoms. The summed E-state index contributed by atoms with van der Waals surface area (Å²) in [6.45, 7) is 9.82. The monoisotopic (exact) mass is 639 g/mol. The van der Waals surface area contributed by atoms with Crippen LogP contribution in [0.15, 0.2) is 0 Å². The van der Waals surface area contributed by atoms with E-state index in [1.165, 1.54) is 180 Å². The fraction of sp³-hybridized carbons (Fsp3) is 1.00. The maximum absolute atomic E-state index is 12.3. The second-order valence-corrected chi connectivity index (χ2v) is 15.2. The summed E-state index contributed by atoms with van der Waals surface area (Å²) in [7, 11) is 0. The van der Waals surface area contributed by atoms with Gasteiger partial charge in [-0.1, -0.05) is 182 Å². The molecule has 0 amide bonds. The minimum Gasteiger partial charge on any atom is -0.396 e. The molecular weight excluding hydrogens is 552 g/mol. The van der Waals surface area contributed by atoms with Crippen molar-refractivity contribution in [2.75, 3.05) is 13.2 Å². The van der Waals surface area contributed by atoms with E-state index in [9.17, 15) is 15.3 Å². The van der Waals surface area contributed by atoms with Gasteiger partial charge in [0.05, 0.1) is 5.60 Å². The Hall–Kier alpha value is -0.120. The van der Waals surface area contributed by atoms with Gasteiger partial charge in [-0.25, -0.2) is 0 Å². The number of rotatable bonds is 37. The molecule has 3 N–H and O–H groups in total. The maximum Gasteiger partial charge on any atom is 0.0675 e. The van der Waals surface area contributed by atoms with Gasteiger partial charge in [-0.2, -0.15) is 0 Å². The minimum atomic E-state index is -0.493. The average Bonchev–Trinajstić information content (AvgIpc) is 3.05. The Kier molecular flexibility index (Phi) is 33.7. The first kappa shape index (κ1) is 44.9. The van der Waals surface area contributed by atoms with Crippen molar-refractivity contribution in [1.82, 2.24) is 0 Å². The molecule has 272 valence electrons. The van der Waals surface area contributed by atoms with Crippen LogP contribution in [0, 0.1) is 17.8 Å². The second kappa shape index (κ2) is 33.8. The van der Waals surface area contributed by atoms with Crippen LogP contribution in [0.3, 0.4) is 0 Å². The van der Waals surface area contributed by atoms with Crippen LogP contribution < -0.4 is 0 Å². The summed E-state index contributed by atoms with van der Waals surface area (Å²) in [6, 6.07) is 0. The SMILES string of the molecule is CCCCCCCCC(CCCC)C(O)(CCCCCCCC(CO)CCCCC)CCCCCCC(CO)CCCCCC. The lowest BCUT2D eigenvalue weighted by Gasteiger charge is -2.37. The Morgan fingerprint density at radius 1 is 0.356 bits per heavy atom. The van der Waals surface area contributed by atoms with E-state index >= 15 is 0 Å². The zero-order valence-corrected chi connectivity index (χ0v) is 31.6. The van der Waals surface area contributed by atoms with E-state index < -0.39 is 5.60 Å². The summed E-state index contributed by atoms with van der Waals surface area (Å²) in [6.07, 6.45) is 39.6. The fourth-order valence-corrected chi connectivity index (χ4v) is 7.65. The molecule has 0 aromatic carbocycles. The summed E-state index contributed by atoms with van der Waals surface area (Å²) in [5.74, 6) is 1.45. The Bertz CT molecular complexity index is 566. The van der Waals surface area contributed by atoms with Crippen LogP contribution in [-0.2, 0) is 0 Å². The van der Waals surface area contributed by atoms with Crippen LogP contribution in [0.1, 0.15) is 233 Å². The van der Waals surface area contributed by atoms with Crippen LogP contribution in [-0.4, -0.2) is 34.1 Å². The highest BCUT2D eigenvalue weighted by Gasteiger charge is 2.34. The zero-order chi connectivity index (χ0) is 33.3. The quantitative estimate of drug-likeness (QED) is 0.0593. The van der Waals surface area contributed by atoms with Crippen molar-refractivity contribution in [2.24, 2.45) is 17.8 Å². The van der Waals surface area contributed by atoms with E-state index in [0.29, 0.717) is 31.0 Å². The van der Waals surface area contributed by atoms with E-state index in [-0.39, 0.29) is 0 Å². The topological polar surface area (TPSA) is 60.7 Å². The summed E-state index contributed by atoms with van der Waals surface area (Å²) in [5, 5.41) is 31.9. The molecule has 0 heterocycles. The van der Waals surface area contributed by atoms with Crippen LogP contribution in [0.4, 0.5) is 0 Å². The zero-order valence-electron chi connectivity index (χ0n) is 31.6. The van der Waals surface area contributed by atoms with E-state index in [1.807, 2.05) is 0 Å². The standard InChI is InChI=1S/C42H86O3/c1-5-9-13-15-18-26-34-41(33-12-8-4)42(45,35-27-20-16-17-24-31-39(37-43)29-22-11-7-3)36-28-21-19-25-32-40(38-44)30-23-14-10-6-2/h39-41,43-45H,5-38H2,1-4H3. The Morgan fingerprint density at radius 3 is 1.07 bits per heavy atom. The van der Waals surface area contributed by atoms with Crippen LogP contribution in [0.5, 0.6) is 0 Å². The number of aliphatic hydroxyl groups excluding tert-OH is 2. The van der Waals surface area contributed by atoms with Gasteiger partial charge < -0.3 is 15.3 Å². The van der Waals surface area contributed by atoms with Crippen LogP contribution in [0.25, 0.3) is 0 Å². The lowest BCUT2D eigenvalue weighted by molar-refractivity contribution is -0.0456. The highest BCUT2D eigenvalue weighted by Crippen LogP contribution is 2.37. The predicted octanol–water partition coefficient (Wildman–Crippen LogP) is 13.1. The van der Waals surface area contributed by atoms with Gasteiger partial charge >= 0.3 is 0 Å². The lowest BCUT2D eigenvalue weighted by atomic mass is 9.74. The molecule has 0 aliphatic heterocycles. The second-order valence-electron chi connectivity index (χ2n) is 15.2. The summed E-state index contributed by atoms with van der Waals surface area (Å²) >= 11 is 0. The largest absolute Gasteiger partial charge is 0.396 e. The molecule has 0 saturated carbocycles. The maximum atomic E-state index is 12.3. The molecule has 0 aromatic heterocycles. The van der Waals surface area contributed by atoms with Gasteiger partial charge in [0.15, 0.2) is 0 Å². The van der Waals surface area contributed by atoms with Crippen molar-refractivity contribution < 1.29 is 15.3 Å². The van der Waals surface area contributed by atoms with Gasteiger partial charge in [0.2, 0.25) is 0 Å². The first-order chi connectivity index (χ1) is 22.0. The molecule has 45 heavy (non-hydrogen) atoms. The number of unbranched alkanes of at least 4 members (excludes halogenated alkanes) is 18. The Morgan fingerprint density at radius 2 is 0.644 bits per heavy atom. The molecular formula is C42H86O3. The lowest BCUT2D eigenvalue weighted by Crippen LogP contribution is -2.38. The molecule has 0 aliphatic carbocycles. The van der Waals surface area contributed by atoms with E-state index in [4.69, 9.17) is 0 Å². The van der Waals surface area contributed by atoms with Crippen LogP contribution >= 0.6 is 0 Å². The third kappa shape index (κ3) is 26.5. The van der Waals surface area contributed by atoms with Crippen molar-refractivity contribution in [2.45, 2.75) is 239 Å². The number of hydrogen-bond donors (Lipinski definition) is 3. The Balaban J connectivity index is 4.83. The molecule has 3 heteroatoms. The van der Waals surface area contributed by atoms with E-state index in [1.54, 1.807) is 0 Å². The van der Waals surface area contributed by atoms with Crippen molar-refractivity contribution >= 4 is 0 Å². The molecule has 0 fully saturated rings. The third-order valence-electron chi connectivity index (χ3n) is 11.0. The first-order valence-corrected chi connectivity index (χ1v) is 20.9. The van der Waals surface area contributed by atoms with Crippen molar-refractivity contribution in [1.29, 1.82) is 0 Å². The molecule has 0 aliphatic rings. The molecule has 0 saturated heterocycles. The Labute approximate surface area is 284 Å². The third-order valence-corrected chi connectivity index (χ3v) is 11.0. The fourth-order valence-electron chi connectivity index (χ4n) is 7.65. The minimum absolute atomic E-state index is 0.352. The predicted molar refractivity (Wildman–Crippen MR) is 200 cm³/mol. The number of aliphatic hydroxyl groups is 3. The highest BCUT2D eigenvalue weighted by atomic mass is 16.3. The molecule has 0 radical (unpaired) electrons. The average molecular weight is 639 g/mol. The normalized spacial score (nSPS) is 15.3. The summed E-state index contributed by atoms with van der Waals surface area (Å²) < 4.78 is 0. The summed E-state index contributed by atoms with van der Waals surface area (Å²) in [5.41, 5.74) is -0.493. The molecule has 0 aromatic rings. The molecule has 0 rings (SSSR count). The van der Waals surface area contributed by atoms with Crippen LogP contribution in [0.2, 0.25) is 0 Å². The van der Waals surface area contributed by atoms with E-state index in [0.717, 1.165) is 25.7 Å². The smallest absolute Gasteiger partial charge is 0.0675 e. The van der Waals surface area contributed by atoms with Gasteiger partial charge in [0, 0.05) is 13.2 Å². The van der Waals surface area contributed by atoms with Gasteiger partial charge in [0.1, 0.15) is 0 Å². The van der Waals surface area contributed by atoms with Gasteiger partial charge in [-0.3, -0.25) is 0 Å². The molecule has 3 nitrogen and oxygen atoms in total. The highest BCUT2D eigenvalue weighted by molar-refractivity contribution is 4.87. The molecule has 4 unspecified atom stereocenters. The first-order valence-electron chi connectivity index (χ1n) is 20.9. The van der Waals surface area contributed by atoms with Gasteiger partial charge in [0.25, 0.3) is 0 Å². The molecule has 0 bridgehead atoms. The van der Waals surface area contributed by atoms with Crippen molar-refractivity contribution in [3.8, 4) is 0 Å². The van der Waals surface area contributed by atoms with Gasteiger partial charge in [-0.15, -0.1) is 0 Å².